The van der Waals surface area contributed by atoms with E-state index in [9.17, 15) is 9.59 Å². The van der Waals surface area contributed by atoms with Gasteiger partial charge in [-0.1, -0.05) is 28.1 Å². The van der Waals surface area contributed by atoms with Gasteiger partial charge in [-0.15, -0.1) is 0 Å². The first-order chi connectivity index (χ1) is 11.0. The number of nitrogens with zero attached hydrogens (tertiary/aromatic N) is 1. The second-order valence-electron chi connectivity index (χ2n) is 5.92. The zero-order chi connectivity index (χ0) is 16.8. The lowest BCUT2D eigenvalue weighted by molar-refractivity contribution is -0.141. The van der Waals surface area contributed by atoms with E-state index in [0.29, 0.717) is 39.0 Å². The molecular weight excluding hydrogens is 362 g/mol. The molecule has 1 aliphatic heterocycles. The molecule has 23 heavy (non-hydrogen) atoms. The van der Waals surface area contributed by atoms with E-state index < -0.39 is 11.9 Å². The number of amides is 1. The van der Waals surface area contributed by atoms with Crippen molar-refractivity contribution < 1.29 is 19.4 Å². The van der Waals surface area contributed by atoms with Crippen LogP contribution in [0.5, 0.6) is 0 Å². The van der Waals surface area contributed by atoms with Crippen LogP contribution in [-0.2, 0) is 20.7 Å². The first-order valence-corrected chi connectivity index (χ1v) is 8.55. The first-order valence-electron chi connectivity index (χ1n) is 7.76. The van der Waals surface area contributed by atoms with E-state index >= 15 is 0 Å². The third kappa shape index (κ3) is 5.04. The van der Waals surface area contributed by atoms with Crippen molar-refractivity contribution in [2.24, 2.45) is 11.8 Å². The van der Waals surface area contributed by atoms with E-state index in [4.69, 9.17) is 9.84 Å². The summed E-state index contributed by atoms with van der Waals surface area (Å²) >= 11 is 3.45. The molecule has 1 aromatic carbocycles. The summed E-state index contributed by atoms with van der Waals surface area (Å²) in [6.45, 7) is 1.36. The molecule has 2 rings (SSSR count). The number of ether oxygens (including phenoxy) is 1. The molecule has 0 unspecified atom stereocenters. The van der Waals surface area contributed by atoms with Crippen molar-refractivity contribution >= 4 is 27.8 Å². The summed E-state index contributed by atoms with van der Waals surface area (Å²) in [6, 6.07) is 7.92. The Bertz CT molecular complexity index is 563. The normalized spacial score (nSPS) is 18.9. The predicted octanol–water partition coefficient (Wildman–Crippen LogP) is 2.58. The maximum absolute atomic E-state index is 12.8. The number of aliphatic carboxylic acids is 1. The van der Waals surface area contributed by atoms with Crippen molar-refractivity contribution in [3.63, 3.8) is 0 Å². The predicted molar refractivity (Wildman–Crippen MR) is 90.2 cm³/mol. The van der Waals surface area contributed by atoms with Gasteiger partial charge in [0.2, 0.25) is 5.91 Å². The van der Waals surface area contributed by atoms with Gasteiger partial charge in [-0.3, -0.25) is 9.59 Å². The van der Waals surface area contributed by atoms with E-state index in [0.717, 1.165) is 10.0 Å². The highest BCUT2D eigenvalue weighted by Crippen LogP contribution is 2.23. The number of carbonyl (C=O) groups is 2. The monoisotopic (exact) mass is 383 g/mol. The zero-order valence-electron chi connectivity index (χ0n) is 13.2. The number of likely N-dealkylation sites (tertiary alicyclic amines) is 1. The molecule has 1 heterocycles. The molecule has 0 bridgehead atoms. The molecule has 1 N–H and O–H groups in total. The number of methoxy groups -OCH3 is 1. The van der Waals surface area contributed by atoms with E-state index in [1.807, 2.05) is 24.3 Å². The number of hydrogen-bond acceptors (Lipinski definition) is 3. The molecule has 0 aromatic heterocycles. The second kappa shape index (κ2) is 8.45. The molecule has 6 heteroatoms. The van der Waals surface area contributed by atoms with Gasteiger partial charge in [0.25, 0.3) is 0 Å². The Kier molecular flexibility index (Phi) is 6.59. The van der Waals surface area contributed by atoms with E-state index in [-0.39, 0.29) is 11.8 Å². The maximum atomic E-state index is 12.8. The van der Waals surface area contributed by atoms with Crippen LogP contribution in [0.15, 0.2) is 28.7 Å². The lowest BCUT2D eigenvalue weighted by Crippen LogP contribution is -2.36. The molecule has 0 radical (unpaired) electrons. The Balaban J connectivity index is 2.05. The van der Waals surface area contributed by atoms with Crippen LogP contribution < -0.4 is 0 Å². The van der Waals surface area contributed by atoms with Gasteiger partial charge >= 0.3 is 5.97 Å². The van der Waals surface area contributed by atoms with Gasteiger partial charge in [0.15, 0.2) is 0 Å². The van der Waals surface area contributed by atoms with Crippen molar-refractivity contribution in [2.45, 2.75) is 19.3 Å². The highest BCUT2D eigenvalue weighted by Gasteiger charge is 2.33. The fourth-order valence-electron chi connectivity index (χ4n) is 2.94. The minimum atomic E-state index is -0.819. The molecule has 2 atom stereocenters. The molecule has 126 valence electrons. The van der Waals surface area contributed by atoms with E-state index in [2.05, 4.69) is 15.9 Å². The number of carboxylic acids is 1. The summed E-state index contributed by atoms with van der Waals surface area (Å²) in [4.78, 5) is 25.5. The number of halogens is 1. The maximum Gasteiger partial charge on any atom is 0.308 e. The lowest BCUT2D eigenvalue weighted by atomic mass is 9.95. The van der Waals surface area contributed by atoms with Gasteiger partial charge in [0.05, 0.1) is 5.92 Å². The number of hydrogen-bond donors (Lipinski definition) is 1. The fraction of sp³-hybridized carbons (Fsp3) is 0.529. The quantitative estimate of drug-likeness (QED) is 0.785. The van der Waals surface area contributed by atoms with Crippen LogP contribution in [0.25, 0.3) is 0 Å². The molecular formula is C17H22BrNO4. The third-order valence-corrected chi connectivity index (χ3v) is 4.73. The van der Waals surface area contributed by atoms with Gasteiger partial charge in [0.1, 0.15) is 0 Å². The Morgan fingerprint density at radius 1 is 1.48 bits per heavy atom. The fourth-order valence-corrected chi connectivity index (χ4v) is 3.39. The molecule has 0 aliphatic carbocycles. The molecule has 1 amide bonds. The summed E-state index contributed by atoms with van der Waals surface area (Å²) in [5.74, 6) is -1.41. The highest BCUT2D eigenvalue weighted by atomic mass is 79.9. The van der Waals surface area contributed by atoms with Crippen LogP contribution >= 0.6 is 15.9 Å². The number of carboxylic acid groups (broad SMARTS) is 1. The summed E-state index contributed by atoms with van der Waals surface area (Å²) < 4.78 is 6.12. The van der Waals surface area contributed by atoms with Crippen LogP contribution in [0, 0.1) is 11.8 Å². The van der Waals surface area contributed by atoms with Crippen molar-refractivity contribution in [3.05, 3.63) is 34.3 Å². The topological polar surface area (TPSA) is 66.8 Å². The van der Waals surface area contributed by atoms with Crippen LogP contribution in [0.4, 0.5) is 0 Å². The van der Waals surface area contributed by atoms with Crippen LogP contribution in [0.2, 0.25) is 0 Å². The van der Waals surface area contributed by atoms with Crippen LogP contribution in [0.1, 0.15) is 18.4 Å². The summed E-state index contributed by atoms with van der Waals surface area (Å²) in [5, 5.41) is 9.10. The van der Waals surface area contributed by atoms with Crippen LogP contribution in [0.3, 0.4) is 0 Å². The summed E-state index contributed by atoms with van der Waals surface area (Å²) in [7, 11) is 1.62. The molecule has 1 saturated heterocycles. The largest absolute Gasteiger partial charge is 0.481 e. The summed E-state index contributed by atoms with van der Waals surface area (Å²) in [5.41, 5.74) is 1.09. The molecule has 1 aliphatic rings. The van der Waals surface area contributed by atoms with Crippen molar-refractivity contribution in [1.82, 2.24) is 4.90 Å². The minimum absolute atomic E-state index is 0.0331. The minimum Gasteiger partial charge on any atom is -0.481 e. The highest BCUT2D eigenvalue weighted by molar-refractivity contribution is 9.10. The Labute approximate surface area is 144 Å². The first kappa shape index (κ1) is 17.9. The Morgan fingerprint density at radius 3 is 2.87 bits per heavy atom. The molecule has 0 saturated carbocycles. The molecule has 0 spiro atoms. The second-order valence-corrected chi connectivity index (χ2v) is 6.84. The van der Waals surface area contributed by atoms with Gasteiger partial charge in [-0.2, -0.15) is 0 Å². The third-order valence-electron chi connectivity index (χ3n) is 4.24. The number of carbonyl (C=O) groups excluding carboxylic acids is 1. The van der Waals surface area contributed by atoms with Crippen LogP contribution in [-0.4, -0.2) is 48.7 Å². The lowest BCUT2D eigenvalue weighted by Gasteiger charge is -2.23. The molecule has 5 nitrogen and oxygen atoms in total. The average molecular weight is 384 g/mol. The van der Waals surface area contributed by atoms with Crippen molar-refractivity contribution in [2.75, 3.05) is 26.8 Å². The zero-order valence-corrected chi connectivity index (χ0v) is 14.8. The van der Waals surface area contributed by atoms with Gasteiger partial charge in [-0.05, 0) is 37.0 Å². The Morgan fingerprint density at radius 2 is 2.26 bits per heavy atom. The number of benzene rings is 1. The SMILES string of the molecule is COCC[C@H](Cc1cccc(Br)c1)C(=O)N1CC[C@@H](C(=O)O)C1. The standard InChI is InChI=1S/C17H22BrNO4/c1-23-8-6-13(9-12-3-2-4-15(18)10-12)16(20)19-7-5-14(11-19)17(21)22/h2-4,10,13-14H,5-9,11H2,1H3,(H,21,22)/t13-,14-/m1/s1. The van der Waals surface area contributed by atoms with Gasteiger partial charge < -0.3 is 14.7 Å². The van der Waals surface area contributed by atoms with Crippen molar-refractivity contribution in [3.8, 4) is 0 Å². The average Bonchev–Trinajstić information content (AvgIpc) is 3.01. The van der Waals surface area contributed by atoms with E-state index in [1.54, 1.807) is 12.0 Å². The van der Waals surface area contributed by atoms with Gasteiger partial charge in [0, 0.05) is 37.2 Å². The van der Waals surface area contributed by atoms with Gasteiger partial charge in [-0.25, -0.2) is 0 Å². The number of rotatable bonds is 7. The molecule has 1 aromatic rings. The van der Waals surface area contributed by atoms with Crippen molar-refractivity contribution in [1.29, 1.82) is 0 Å². The van der Waals surface area contributed by atoms with E-state index in [1.165, 1.54) is 0 Å². The summed E-state index contributed by atoms with van der Waals surface area (Å²) in [6.07, 6.45) is 1.81. The Hall–Kier alpha value is -1.40. The molecule has 1 fully saturated rings. The smallest absolute Gasteiger partial charge is 0.308 e.